The van der Waals surface area contributed by atoms with Gasteiger partial charge in [-0.15, -0.1) is 0 Å². The number of carbonyl (C=O) groups excluding carboxylic acids is 1. The Bertz CT molecular complexity index is 196. The molecule has 0 aliphatic carbocycles. The Morgan fingerprint density at radius 3 is 3.13 bits per heavy atom. The van der Waals surface area contributed by atoms with Gasteiger partial charge in [0.15, 0.2) is 0 Å². The van der Waals surface area contributed by atoms with Crippen molar-refractivity contribution in [3.63, 3.8) is 0 Å². The summed E-state index contributed by atoms with van der Waals surface area (Å²) in [5.41, 5.74) is 5.72. The third-order valence-electron chi connectivity index (χ3n) is 2.50. The minimum absolute atomic E-state index is 0.0560. The molecule has 88 valence electrons. The van der Waals surface area contributed by atoms with Crippen LogP contribution in [0.25, 0.3) is 0 Å². The summed E-state index contributed by atoms with van der Waals surface area (Å²) in [6.45, 7) is 1.42. The molecule has 0 aromatic heterocycles. The highest BCUT2D eigenvalue weighted by atomic mass is 32.2. The van der Waals surface area contributed by atoms with Crippen LogP contribution in [-0.2, 0) is 9.53 Å². The van der Waals surface area contributed by atoms with Crippen LogP contribution in [0.4, 0.5) is 0 Å². The lowest BCUT2D eigenvalue weighted by molar-refractivity contribution is -0.122. The van der Waals surface area contributed by atoms with Gasteiger partial charge in [-0.25, -0.2) is 0 Å². The molecule has 1 amide bonds. The molecule has 1 aliphatic rings. The minimum Gasteiger partial charge on any atom is -0.376 e. The van der Waals surface area contributed by atoms with E-state index < -0.39 is 0 Å². The number of hydrogen-bond donors (Lipinski definition) is 2. The molecule has 1 saturated heterocycles. The number of nitrogens with two attached hydrogens (primary N) is 1. The molecule has 2 unspecified atom stereocenters. The van der Waals surface area contributed by atoms with Crippen LogP contribution in [0.15, 0.2) is 0 Å². The first kappa shape index (κ1) is 12.8. The average Bonchev–Trinajstić information content (AvgIpc) is 2.75. The summed E-state index contributed by atoms with van der Waals surface area (Å²) in [5, 5.41) is 2.84. The van der Waals surface area contributed by atoms with Crippen molar-refractivity contribution in [2.45, 2.75) is 31.4 Å². The maximum atomic E-state index is 11.5. The zero-order chi connectivity index (χ0) is 11.1. The fraction of sp³-hybridized carbons (Fsp3) is 0.900. The van der Waals surface area contributed by atoms with E-state index in [1.165, 1.54) is 0 Å². The van der Waals surface area contributed by atoms with Gasteiger partial charge >= 0.3 is 0 Å². The van der Waals surface area contributed by atoms with Crippen LogP contribution in [0.3, 0.4) is 0 Å². The summed E-state index contributed by atoms with van der Waals surface area (Å²) >= 11 is 1.71. The van der Waals surface area contributed by atoms with E-state index in [2.05, 4.69) is 5.32 Å². The standard InChI is InChI=1S/C10H20N2O2S/c1-15-6-4-9(11)10(13)12-7-8-3-2-5-14-8/h8-9H,2-7,11H2,1H3,(H,12,13). The number of carbonyl (C=O) groups is 1. The van der Waals surface area contributed by atoms with Crippen LogP contribution < -0.4 is 11.1 Å². The topological polar surface area (TPSA) is 64.4 Å². The molecule has 4 nitrogen and oxygen atoms in total. The average molecular weight is 232 g/mol. The van der Waals surface area contributed by atoms with E-state index in [0.29, 0.717) is 6.54 Å². The van der Waals surface area contributed by atoms with E-state index in [1.54, 1.807) is 11.8 Å². The second-order valence-corrected chi connectivity index (χ2v) is 4.75. The van der Waals surface area contributed by atoms with Gasteiger partial charge in [0.1, 0.15) is 0 Å². The van der Waals surface area contributed by atoms with Crippen molar-refractivity contribution in [2.24, 2.45) is 5.73 Å². The molecule has 1 rings (SSSR count). The maximum Gasteiger partial charge on any atom is 0.237 e. The Morgan fingerprint density at radius 2 is 2.53 bits per heavy atom. The molecule has 0 saturated carbocycles. The Morgan fingerprint density at radius 1 is 1.73 bits per heavy atom. The summed E-state index contributed by atoms with van der Waals surface area (Å²) < 4.78 is 5.40. The molecular weight excluding hydrogens is 212 g/mol. The van der Waals surface area contributed by atoms with Crippen LogP contribution in [0.2, 0.25) is 0 Å². The van der Waals surface area contributed by atoms with Gasteiger partial charge in [0.2, 0.25) is 5.91 Å². The van der Waals surface area contributed by atoms with Crippen molar-refractivity contribution in [1.82, 2.24) is 5.32 Å². The van der Waals surface area contributed by atoms with Crippen LogP contribution in [0.5, 0.6) is 0 Å². The molecule has 5 heteroatoms. The molecule has 1 heterocycles. The number of thioether (sulfide) groups is 1. The van der Waals surface area contributed by atoms with Crippen molar-refractivity contribution in [3.05, 3.63) is 0 Å². The normalized spacial score (nSPS) is 22.7. The van der Waals surface area contributed by atoms with Crippen molar-refractivity contribution in [1.29, 1.82) is 0 Å². The first-order valence-corrected chi connectivity index (χ1v) is 6.77. The van der Waals surface area contributed by atoms with Crippen molar-refractivity contribution in [3.8, 4) is 0 Å². The predicted molar refractivity (Wildman–Crippen MR) is 63.0 cm³/mol. The fourth-order valence-electron chi connectivity index (χ4n) is 1.53. The van der Waals surface area contributed by atoms with Gasteiger partial charge in [-0.3, -0.25) is 4.79 Å². The minimum atomic E-state index is -0.376. The largest absolute Gasteiger partial charge is 0.376 e. The zero-order valence-corrected chi connectivity index (χ0v) is 10.0. The summed E-state index contributed by atoms with van der Waals surface area (Å²) in [7, 11) is 0. The number of ether oxygens (including phenoxy) is 1. The molecule has 0 aromatic carbocycles. The third kappa shape index (κ3) is 4.86. The second kappa shape index (κ2) is 7.09. The van der Waals surface area contributed by atoms with Gasteiger partial charge < -0.3 is 15.8 Å². The molecule has 3 N–H and O–H groups in total. The van der Waals surface area contributed by atoms with E-state index in [9.17, 15) is 4.79 Å². The molecule has 2 atom stereocenters. The predicted octanol–water partition coefficient (Wildman–Crippen LogP) is 0.362. The SMILES string of the molecule is CSCCC(N)C(=O)NCC1CCCO1. The van der Waals surface area contributed by atoms with Crippen LogP contribution >= 0.6 is 11.8 Å². The fourth-order valence-corrected chi connectivity index (χ4v) is 2.02. The lowest BCUT2D eigenvalue weighted by Crippen LogP contribution is -2.43. The van der Waals surface area contributed by atoms with Crippen molar-refractivity contribution >= 4 is 17.7 Å². The van der Waals surface area contributed by atoms with E-state index >= 15 is 0 Å². The van der Waals surface area contributed by atoms with E-state index in [1.807, 2.05) is 6.26 Å². The first-order chi connectivity index (χ1) is 7.24. The number of nitrogens with one attached hydrogen (secondary N) is 1. The number of hydrogen-bond acceptors (Lipinski definition) is 4. The molecule has 0 spiro atoms. The van der Waals surface area contributed by atoms with E-state index in [-0.39, 0.29) is 18.1 Å². The number of amides is 1. The third-order valence-corrected chi connectivity index (χ3v) is 3.14. The Balaban J connectivity index is 2.11. The monoisotopic (exact) mass is 232 g/mol. The molecule has 1 fully saturated rings. The number of rotatable bonds is 6. The van der Waals surface area contributed by atoms with Crippen LogP contribution in [0.1, 0.15) is 19.3 Å². The van der Waals surface area contributed by atoms with Gasteiger partial charge in [0.25, 0.3) is 0 Å². The van der Waals surface area contributed by atoms with Crippen LogP contribution in [0, 0.1) is 0 Å². The Kier molecular flexibility index (Phi) is 6.05. The molecule has 0 aromatic rings. The second-order valence-electron chi connectivity index (χ2n) is 3.77. The highest BCUT2D eigenvalue weighted by molar-refractivity contribution is 7.98. The molecule has 0 radical (unpaired) electrons. The quantitative estimate of drug-likeness (QED) is 0.694. The summed E-state index contributed by atoms with van der Waals surface area (Å²) in [6.07, 6.45) is 5.08. The molecule has 0 bridgehead atoms. The van der Waals surface area contributed by atoms with E-state index in [0.717, 1.165) is 31.6 Å². The zero-order valence-electron chi connectivity index (χ0n) is 9.20. The molecular formula is C10H20N2O2S. The summed E-state index contributed by atoms with van der Waals surface area (Å²) in [5.74, 6) is 0.869. The molecule has 1 aliphatic heterocycles. The lowest BCUT2D eigenvalue weighted by atomic mass is 10.2. The Labute approximate surface area is 95.3 Å². The van der Waals surface area contributed by atoms with Gasteiger partial charge in [-0.1, -0.05) is 0 Å². The van der Waals surface area contributed by atoms with Gasteiger partial charge in [0.05, 0.1) is 12.1 Å². The summed E-state index contributed by atoms with van der Waals surface area (Å²) in [6, 6.07) is -0.376. The molecule has 15 heavy (non-hydrogen) atoms. The smallest absolute Gasteiger partial charge is 0.237 e. The first-order valence-electron chi connectivity index (χ1n) is 5.38. The summed E-state index contributed by atoms with van der Waals surface area (Å²) in [4.78, 5) is 11.5. The van der Waals surface area contributed by atoms with E-state index in [4.69, 9.17) is 10.5 Å². The highest BCUT2D eigenvalue weighted by Crippen LogP contribution is 2.10. The Hall–Kier alpha value is -0.260. The van der Waals surface area contributed by atoms with Crippen molar-refractivity contribution < 1.29 is 9.53 Å². The lowest BCUT2D eigenvalue weighted by Gasteiger charge is -2.14. The highest BCUT2D eigenvalue weighted by Gasteiger charge is 2.18. The van der Waals surface area contributed by atoms with Crippen molar-refractivity contribution in [2.75, 3.05) is 25.2 Å². The van der Waals surface area contributed by atoms with Gasteiger partial charge in [-0.05, 0) is 31.3 Å². The van der Waals surface area contributed by atoms with Gasteiger partial charge in [0, 0.05) is 13.2 Å². The van der Waals surface area contributed by atoms with Crippen LogP contribution in [-0.4, -0.2) is 43.2 Å². The van der Waals surface area contributed by atoms with Gasteiger partial charge in [-0.2, -0.15) is 11.8 Å². The maximum absolute atomic E-state index is 11.5.